The Labute approximate surface area is 129 Å². The molecule has 3 aromatic rings. The van der Waals surface area contributed by atoms with Gasteiger partial charge in [-0.05, 0) is 24.3 Å². The number of hydrogen-bond donors (Lipinski definition) is 2. The Morgan fingerprint density at radius 3 is 2.86 bits per heavy atom. The molecule has 0 unspecified atom stereocenters. The monoisotopic (exact) mass is 346 g/mol. The van der Waals surface area contributed by atoms with Gasteiger partial charge in [0.05, 0.1) is 5.56 Å². The summed E-state index contributed by atoms with van der Waals surface area (Å²) < 4.78 is 14.4. The molecule has 0 aliphatic heterocycles. The highest BCUT2D eigenvalue weighted by atomic mass is 79.9. The van der Waals surface area contributed by atoms with Crippen LogP contribution in [0.1, 0.15) is 15.9 Å². The predicted molar refractivity (Wildman–Crippen MR) is 83.6 cm³/mol. The number of benzene rings is 2. The molecule has 0 atom stereocenters. The third kappa shape index (κ3) is 2.83. The van der Waals surface area contributed by atoms with Crippen molar-refractivity contribution < 1.29 is 9.18 Å². The van der Waals surface area contributed by atoms with E-state index in [0.717, 1.165) is 15.4 Å². The second-order valence-electron chi connectivity index (χ2n) is 4.67. The molecule has 1 aromatic heterocycles. The largest absolute Gasteiger partial charge is 0.360 e. The smallest absolute Gasteiger partial charge is 0.253 e. The number of halogens is 2. The van der Waals surface area contributed by atoms with Crippen molar-refractivity contribution in [2.75, 3.05) is 0 Å². The van der Waals surface area contributed by atoms with Crippen molar-refractivity contribution in [1.82, 2.24) is 10.3 Å². The minimum Gasteiger partial charge on any atom is -0.360 e. The molecule has 0 spiro atoms. The van der Waals surface area contributed by atoms with E-state index in [-0.39, 0.29) is 18.3 Å². The molecule has 3 nitrogen and oxygen atoms in total. The van der Waals surface area contributed by atoms with E-state index in [1.807, 2.05) is 18.2 Å². The Morgan fingerprint density at radius 2 is 2.05 bits per heavy atom. The van der Waals surface area contributed by atoms with Gasteiger partial charge in [-0.2, -0.15) is 0 Å². The second kappa shape index (κ2) is 5.69. The number of H-pyrrole nitrogens is 1. The molecular weight excluding hydrogens is 335 g/mol. The van der Waals surface area contributed by atoms with Gasteiger partial charge < -0.3 is 10.3 Å². The van der Waals surface area contributed by atoms with Crippen molar-refractivity contribution in [3.8, 4) is 0 Å². The van der Waals surface area contributed by atoms with Crippen molar-refractivity contribution in [2.45, 2.75) is 6.54 Å². The Morgan fingerprint density at radius 1 is 1.24 bits per heavy atom. The van der Waals surface area contributed by atoms with Crippen molar-refractivity contribution in [3.05, 3.63) is 70.1 Å². The van der Waals surface area contributed by atoms with Gasteiger partial charge in [0.15, 0.2) is 0 Å². The summed E-state index contributed by atoms with van der Waals surface area (Å²) in [6, 6.07) is 12.1. The lowest BCUT2D eigenvalue weighted by Gasteiger charge is -2.05. The first-order chi connectivity index (χ1) is 10.1. The number of rotatable bonds is 3. The van der Waals surface area contributed by atoms with Crippen LogP contribution in [0.5, 0.6) is 0 Å². The molecule has 5 heteroatoms. The van der Waals surface area contributed by atoms with Gasteiger partial charge >= 0.3 is 0 Å². The molecule has 2 aromatic carbocycles. The van der Waals surface area contributed by atoms with Gasteiger partial charge in [-0.25, -0.2) is 4.39 Å². The fourth-order valence-corrected chi connectivity index (χ4v) is 2.55. The zero-order valence-corrected chi connectivity index (χ0v) is 12.6. The van der Waals surface area contributed by atoms with E-state index >= 15 is 0 Å². The van der Waals surface area contributed by atoms with Crippen LogP contribution in [-0.2, 0) is 6.54 Å². The molecule has 2 N–H and O–H groups in total. The first-order valence-corrected chi connectivity index (χ1v) is 7.22. The van der Waals surface area contributed by atoms with Crippen LogP contribution in [0.3, 0.4) is 0 Å². The van der Waals surface area contributed by atoms with E-state index in [0.29, 0.717) is 11.1 Å². The second-order valence-corrected chi connectivity index (χ2v) is 5.58. The fraction of sp³-hybridized carbons (Fsp3) is 0.0625. The normalized spacial score (nSPS) is 10.8. The van der Waals surface area contributed by atoms with E-state index in [9.17, 15) is 9.18 Å². The minimum absolute atomic E-state index is 0.159. The summed E-state index contributed by atoms with van der Waals surface area (Å²) in [4.78, 5) is 15.3. The summed E-state index contributed by atoms with van der Waals surface area (Å²) in [7, 11) is 0. The van der Waals surface area contributed by atoms with Crippen LogP contribution in [-0.4, -0.2) is 10.9 Å². The van der Waals surface area contributed by atoms with Crippen LogP contribution in [0.15, 0.2) is 53.1 Å². The highest BCUT2D eigenvalue weighted by molar-refractivity contribution is 9.10. The first kappa shape index (κ1) is 13.8. The molecule has 0 fully saturated rings. The van der Waals surface area contributed by atoms with Crippen molar-refractivity contribution >= 4 is 32.7 Å². The summed E-state index contributed by atoms with van der Waals surface area (Å²) in [5.74, 6) is -0.554. The van der Waals surface area contributed by atoms with Crippen molar-refractivity contribution in [1.29, 1.82) is 0 Å². The molecule has 1 heterocycles. The number of aromatic nitrogens is 1. The van der Waals surface area contributed by atoms with Gasteiger partial charge in [-0.1, -0.05) is 34.1 Å². The summed E-state index contributed by atoms with van der Waals surface area (Å²) >= 11 is 3.39. The molecule has 21 heavy (non-hydrogen) atoms. The quantitative estimate of drug-likeness (QED) is 0.739. The molecule has 3 rings (SSSR count). The minimum atomic E-state index is -0.320. The molecule has 106 valence electrons. The van der Waals surface area contributed by atoms with Crippen LogP contribution in [0.4, 0.5) is 4.39 Å². The van der Waals surface area contributed by atoms with E-state index in [2.05, 4.69) is 26.2 Å². The zero-order chi connectivity index (χ0) is 14.8. The molecule has 0 saturated carbocycles. The lowest BCUT2D eigenvalue weighted by atomic mass is 10.1. The molecule has 0 bridgehead atoms. The van der Waals surface area contributed by atoms with Gasteiger partial charge in [0.2, 0.25) is 0 Å². The molecule has 0 radical (unpaired) electrons. The summed E-state index contributed by atoms with van der Waals surface area (Å²) in [6.45, 7) is 0.159. The molecule has 0 aliphatic rings. The van der Waals surface area contributed by atoms with Crippen LogP contribution < -0.4 is 5.32 Å². The third-order valence-electron chi connectivity index (χ3n) is 3.29. The standard InChI is InChI=1S/C16H12BrFN2O/c17-11-5-6-15-12(7-11)13(9-19-15)16(21)20-8-10-3-1-2-4-14(10)18/h1-7,9,19H,8H2,(H,20,21). The van der Waals surface area contributed by atoms with Crippen LogP contribution in [0.25, 0.3) is 10.9 Å². The molecule has 1 amide bonds. The Bertz CT molecular complexity index is 813. The Balaban J connectivity index is 1.81. The number of carbonyl (C=O) groups excluding carboxylic acids is 1. The number of fused-ring (bicyclic) bond motifs is 1. The van der Waals surface area contributed by atoms with E-state index in [1.54, 1.807) is 24.4 Å². The fourth-order valence-electron chi connectivity index (χ4n) is 2.19. The topological polar surface area (TPSA) is 44.9 Å². The summed E-state index contributed by atoms with van der Waals surface area (Å²) in [5, 5.41) is 3.57. The maximum absolute atomic E-state index is 13.5. The zero-order valence-electron chi connectivity index (χ0n) is 11.0. The van der Waals surface area contributed by atoms with E-state index in [4.69, 9.17) is 0 Å². The number of nitrogens with one attached hydrogen (secondary N) is 2. The average molecular weight is 347 g/mol. The van der Waals surface area contributed by atoms with Gasteiger partial charge in [0.25, 0.3) is 5.91 Å². The van der Waals surface area contributed by atoms with Gasteiger partial charge in [0.1, 0.15) is 5.82 Å². The van der Waals surface area contributed by atoms with Gasteiger partial charge in [-0.3, -0.25) is 4.79 Å². The Kier molecular flexibility index (Phi) is 3.75. The van der Waals surface area contributed by atoms with Crippen LogP contribution in [0.2, 0.25) is 0 Å². The number of hydrogen-bond acceptors (Lipinski definition) is 1. The molecular formula is C16H12BrFN2O. The maximum Gasteiger partial charge on any atom is 0.253 e. The highest BCUT2D eigenvalue weighted by Crippen LogP contribution is 2.22. The van der Waals surface area contributed by atoms with Crippen molar-refractivity contribution in [3.63, 3.8) is 0 Å². The average Bonchev–Trinajstić information content (AvgIpc) is 2.89. The summed E-state index contributed by atoms with van der Waals surface area (Å²) in [6.07, 6.45) is 1.66. The number of carbonyl (C=O) groups is 1. The van der Waals surface area contributed by atoms with Gasteiger partial charge in [-0.15, -0.1) is 0 Å². The Hall–Kier alpha value is -2.14. The van der Waals surface area contributed by atoms with E-state index < -0.39 is 0 Å². The predicted octanol–water partition coefficient (Wildman–Crippen LogP) is 4.00. The van der Waals surface area contributed by atoms with Crippen LogP contribution >= 0.6 is 15.9 Å². The SMILES string of the molecule is O=C(NCc1ccccc1F)c1c[nH]c2ccc(Br)cc12. The first-order valence-electron chi connectivity index (χ1n) is 6.43. The maximum atomic E-state index is 13.5. The van der Waals surface area contributed by atoms with Crippen LogP contribution in [0, 0.1) is 5.82 Å². The van der Waals surface area contributed by atoms with E-state index in [1.165, 1.54) is 6.07 Å². The third-order valence-corrected chi connectivity index (χ3v) is 3.78. The number of amides is 1. The van der Waals surface area contributed by atoms with Gasteiger partial charge in [0, 0.05) is 33.7 Å². The lowest BCUT2D eigenvalue weighted by molar-refractivity contribution is 0.0952. The van der Waals surface area contributed by atoms with Crippen molar-refractivity contribution in [2.24, 2.45) is 0 Å². The summed E-state index contributed by atoms with van der Waals surface area (Å²) in [5.41, 5.74) is 1.89. The number of aromatic amines is 1. The molecule has 0 saturated heterocycles. The highest BCUT2D eigenvalue weighted by Gasteiger charge is 2.12. The molecule has 0 aliphatic carbocycles. The lowest BCUT2D eigenvalue weighted by Crippen LogP contribution is -2.23.